The number of aryl methyl sites for hydroxylation is 1. The van der Waals surface area contributed by atoms with E-state index in [0.29, 0.717) is 10.7 Å². The Morgan fingerprint density at radius 3 is 2.26 bits per heavy atom. The van der Waals surface area contributed by atoms with Gasteiger partial charge in [0.25, 0.3) is 10.0 Å². The van der Waals surface area contributed by atoms with Gasteiger partial charge >= 0.3 is 0 Å². The smallest absolute Gasteiger partial charge is 0.264 e. The molecule has 0 fully saturated rings. The molecule has 0 bridgehead atoms. The molecule has 202 valence electrons. The molecule has 3 aromatic carbocycles. The molecule has 0 aliphatic heterocycles. The Kier molecular flexibility index (Phi) is 9.94. The van der Waals surface area contributed by atoms with Crippen molar-refractivity contribution < 1.29 is 18.0 Å². The van der Waals surface area contributed by atoms with Crippen molar-refractivity contribution in [3.8, 4) is 0 Å². The van der Waals surface area contributed by atoms with Gasteiger partial charge in [-0.3, -0.25) is 13.9 Å². The number of anilines is 1. The second-order valence-corrected chi connectivity index (χ2v) is 11.6. The third-order valence-corrected chi connectivity index (χ3v) is 8.33. The summed E-state index contributed by atoms with van der Waals surface area (Å²) in [6.07, 6.45) is 0.733. The second-order valence-electron chi connectivity index (χ2n) is 9.31. The van der Waals surface area contributed by atoms with Gasteiger partial charge in [-0.1, -0.05) is 61.0 Å². The summed E-state index contributed by atoms with van der Waals surface area (Å²) < 4.78 is 28.6. The van der Waals surface area contributed by atoms with Crippen LogP contribution < -0.4 is 9.62 Å². The normalized spacial score (nSPS) is 12.9. The van der Waals surface area contributed by atoms with Crippen molar-refractivity contribution in [2.24, 2.45) is 0 Å². The molecule has 0 aromatic heterocycles. The van der Waals surface area contributed by atoms with Gasteiger partial charge in [-0.05, 0) is 74.7 Å². The summed E-state index contributed by atoms with van der Waals surface area (Å²) in [7, 11) is -4.08. The number of rotatable bonds is 11. The van der Waals surface area contributed by atoms with Gasteiger partial charge in [-0.25, -0.2) is 8.42 Å². The molecule has 38 heavy (non-hydrogen) atoms. The highest BCUT2D eigenvalue weighted by Crippen LogP contribution is 2.25. The average Bonchev–Trinajstić information content (AvgIpc) is 2.90. The summed E-state index contributed by atoms with van der Waals surface area (Å²) in [5.74, 6) is -0.833. The first-order chi connectivity index (χ1) is 18.0. The first-order valence-electron chi connectivity index (χ1n) is 12.5. The van der Waals surface area contributed by atoms with Crippen LogP contribution in [0.15, 0.2) is 83.8 Å². The third kappa shape index (κ3) is 7.36. The standard InChI is InChI=1S/C29H34ClN3O4S/c1-5-22(3)31-29(35)23(4)32(19-24-12-10-13-25(30)18-24)28(34)20-33(26-14-9-11-21(2)17-26)38(36,37)27-15-7-6-8-16-27/h6-18,22-23H,5,19-20H2,1-4H3,(H,31,35). The molecule has 0 heterocycles. The number of nitrogens with one attached hydrogen (secondary N) is 1. The summed E-state index contributed by atoms with van der Waals surface area (Å²) in [4.78, 5) is 28.4. The molecule has 1 N–H and O–H groups in total. The molecule has 0 radical (unpaired) electrons. The lowest BCUT2D eigenvalue weighted by atomic mass is 10.1. The van der Waals surface area contributed by atoms with E-state index in [2.05, 4.69) is 5.32 Å². The number of carbonyl (C=O) groups is 2. The Bertz CT molecular complexity index is 1370. The molecule has 0 saturated heterocycles. The van der Waals surface area contributed by atoms with Crippen LogP contribution >= 0.6 is 11.6 Å². The predicted octanol–water partition coefficient (Wildman–Crippen LogP) is 5.18. The lowest BCUT2D eigenvalue weighted by Crippen LogP contribution is -2.52. The fraction of sp³-hybridized carbons (Fsp3) is 0.310. The van der Waals surface area contributed by atoms with Gasteiger partial charge in [0.05, 0.1) is 10.6 Å². The van der Waals surface area contributed by atoms with Crippen molar-refractivity contribution >= 4 is 39.1 Å². The molecule has 9 heteroatoms. The fourth-order valence-corrected chi connectivity index (χ4v) is 5.55. The van der Waals surface area contributed by atoms with E-state index in [1.807, 2.05) is 32.9 Å². The highest BCUT2D eigenvalue weighted by Gasteiger charge is 2.32. The molecule has 2 atom stereocenters. The van der Waals surface area contributed by atoms with E-state index in [0.717, 1.165) is 21.9 Å². The SMILES string of the molecule is CCC(C)NC(=O)C(C)N(Cc1cccc(Cl)c1)C(=O)CN(c1cccc(C)c1)S(=O)(=O)c1ccccc1. The highest BCUT2D eigenvalue weighted by molar-refractivity contribution is 7.92. The van der Waals surface area contributed by atoms with Gasteiger partial charge in [-0.2, -0.15) is 0 Å². The van der Waals surface area contributed by atoms with Crippen LogP contribution in [0.5, 0.6) is 0 Å². The van der Waals surface area contributed by atoms with Crippen molar-refractivity contribution in [2.75, 3.05) is 10.8 Å². The topological polar surface area (TPSA) is 86.8 Å². The first kappa shape index (κ1) is 29.2. The zero-order valence-electron chi connectivity index (χ0n) is 22.1. The van der Waals surface area contributed by atoms with Crippen molar-refractivity contribution in [1.29, 1.82) is 0 Å². The molecule has 2 amide bonds. The van der Waals surface area contributed by atoms with E-state index in [1.54, 1.807) is 61.5 Å². The fourth-order valence-electron chi connectivity index (χ4n) is 3.91. The Labute approximate surface area is 230 Å². The summed E-state index contributed by atoms with van der Waals surface area (Å²) in [6, 6.07) is 21.1. The number of nitrogens with zero attached hydrogens (tertiary/aromatic N) is 2. The van der Waals surface area contributed by atoms with E-state index in [1.165, 1.54) is 17.0 Å². The molecule has 3 rings (SSSR count). The zero-order chi connectivity index (χ0) is 27.9. The van der Waals surface area contributed by atoms with Crippen LogP contribution in [-0.4, -0.2) is 43.8 Å². The number of benzene rings is 3. The molecule has 0 spiro atoms. The monoisotopic (exact) mass is 555 g/mol. The maximum atomic E-state index is 13.9. The van der Waals surface area contributed by atoms with Crippen LogP contribution in [-0.2, 0) is 26.2 Å². The van der Waals surface area contributed by atoms with E-state index in [9.17, 15) is 18.0 Å². The van der Waals surface area contributed by atoms with Gasteiger partial charge in [0.2, 0.25) is 11.8 Å². The van der Waals surface area contributed by atoms with E-state index >= 15 is 0 Å². The minimum absolute atomic E-state index is 0.0678. The van der Waals surface area contributed by atoms with Crippen molar-refractivity contribution in [2.45, 2.75) is 57.6 Å². The minimum Gasteiger partial charge on any atom is -0.352 e. The van der Waals surface area contributed by atoms with Crippen LogP contribution in [0.4, 0.5) is 5.69 Å². The average molecular weight is 556 g/mol. The first-order valence-corrected chi connectivity index (χ1v) is 14.3. The number of hydrogen-bond acceptors (Lipinski definition) is 4. The van der Waals surface area contributed by atoms with Gasteiger partial charge in [-0.15, -0.1) is 0 Å². The maximum Gasteiger partial charge on any atom is 0.264 e. The van der Waals surface area contributed by atoms with Gasteiger partial charge in [0.15, 0.2) is 0 Å². The molecule has 3 aromatic rings. The molecule has 0 aliphatic rings. The lowest BCUT2D eigenvalue weighted by molar-refractivity contribution is -0.139. The van der Waals surface area contributed by atoms with Crippen LogP contribution in [0.1, 0.15) is 38.3 Å². The number of hydrogen-bond donors (Lipinski definition) is 1. The Morgan fingerprint density at radius 1 is 0.947 bits per heavy atom. The Morgan fingerprint density at radius 2 is 1.63 bits per heavy atom. The number of carbonyl (C=O) groups excluding carboxylic acids is 2. The van der Waals surface area contributed by atoms with Crippen molar-refractivity contribution in [1.82, 2.24) is 10.2 Å². The summed E-state index contributed by atoms with van der Waals surface area (Å²) in [5.41, 5.74) is 1.93. The summed E-state index contributed by atoms with van der Waals surface area (Å²) in [6.45, 7) is 6.94. The van der Waals surface area contributed by atoms with Crippen LogP contribution in [0.3, 0.4) is 0 Å². The largest absolute Gasteiger partial charge is 0.352 e. The number of halogens is 1. The summed E-state index contributed by atoms with van der Waals surface area (Å²) in [5, 5.41) is 3.42. The maximum absolute atomic E-state index is 13.9. The second kappa shape index (κ2) is 12.9. The summed E-state index contributed by atoms with van der Waals surface area (Å²) >= 11 is 6.17. The third-order valence-electron chi connectivity index (χ3n) is 6.31. The molecule has 2 unspecified atom stereocenters. The zero-order valence-corrected chi connectivity index (χ0v) is 23.7. The van der Waals surface area contributed by atoms with Crippen molar-refractivity contribution in [3.05, 3.63) is 95.0 Å². The van der Waals surface area contributed by atoms with Crippen LogP contribution in [0, 0.1) is 6.92 Å². The predicted molar refractivity (Wildman–Crippen MR) is 152 cm³/mol. The Hall–Kier alpha value is -3.36. The highest BCUT2D eigenvalue weighted by atomic mass is 35.5. The van der Waals surface area contributed by atoms with E-state index in [4.69, 9.17) is 11.6 Å². The number of amides is 2. The van der Waals surface area contributed by atoms with Gasteiger partial charge in [0.1, 0.15) is 12.6 Å². The van der Waals surface area contributed by atoms with Gasteiger partial charge in [0, 0.05) is 17.6 Å². The van der Waals surface area contributed by atoms with E-state index < -0.39 is 28.5 Å². The Balaban J connectivity index is 2.02. The quantitative estimate of drug-likeness (QED) is 0.353. The minimum atomic E-state index is -4.08. The van der Waals surface area contributed by atoms with Crippen LogP contribution in [0.25, 0.3) is 0 Å². The molecule has 0 aliphatic carbocycles. The van der Waals surface area contributed by atoms with Gasteiger partial charge < -0.3 is 10.2 Å². The van der Waals surface area contributed by atoms with E-state index in [-0.39, 0.29) is 23.4 Å². The molecular weight excluding hydrogens is 522 g/mol. The molecule has 0 saturated carbocycles. The molecular formula is C29H34ClN3O4S. The molecule has 7 nitrogen and oxygen atoms in total. The van der Waals surface area contributed by atoms with Crippen molar-refractivity contribution in [3.63, 3.8) is 0 Å². The van der Waals surface area contributed by atoms with Crippen LogP contribution in [0.2, 0.25) is 5.02 Å². The lowest BCUT2D eigenvalue weighted by Gasteiger charge is -2.32. The number of sulfonamides is 1.